The molecular formula is C14H22BrFN2. The second kappa shape index (κ2) is 6.13. The molecule has 1 atom stereocenters. The average molecular weight is 317 g/mol. The highest BCUT2D eigenvalue weighted by molar-refractivity contribution is 9.10. The van der Waals surface area contributed by atoms with E-state index in [1.54, 1.807) is 6.07 Å². The van der Waals surface area contributed by atoms with Crippen LogP contribution in [0.1, 0.15) is 38.8 Å². The van der Waals surface area contributed by atoms with Crippen LogP contribution in [0, 0.1) is 5.82 Å². The number of halogens is 2. The van der Waals surface area contributed by atoms with Crippen LogP contribution in [-0.4, -0.2) is 24.0 Å². The maximum absolute atomic E-state index is 13.1. The van der Waals surface area contributed by atoms with Crippen molar-refractivity contribution in [2.75, 3.05) is 13.6 Å². The predicted octanol–water partition coefficient (Wildman–Crippen LogP) is 3.71. The summed E-state index contributed by atoms with van der Waals surface area (Å²) in [6, 6.07) is 4.86. The van der Waals surface area contributed by atoms with E-state index in [0.717, 1.165) is 16.5 Å². The van der Waals surface area contributed by atoms with Gasteiger partial charge in [-0.05, 0) is 45.0 Å². The van der Waals surface area contributed by atoms with Crippen molar-refractivity contribution in [2.24, 2.45) is 5.73 Å². The van der Waals surface area contributed by atoms with Crippen LogP contribution in [0.15, 0.2) is 22.7 Å². The molecule has 0 radical (unpaired) electrons. The number of rotatable bonds is 5. The Hall–Kier alpha value is -0.450. The Labute approximate surface area is 117 Å². The zero-order chi connectivity index (χ0) is 13.9. The average Bonchev–Trinajstić information content (AvgIpc) is 2.32. The van der Waals surface area contributed by atoms with E-state index in [4.69, 9.17) is 5.73 Å². The van der Waals surface area contributed by atoms with Gasteiger partial charge in [0.2, 0.25) is 0 Å². The first-order valence-electron chi connectivity index (χ1n) is 6.21. The summed E-state index contributed by atoms with van der Waals surface area (Å²) in [4.78, 5) is 2.25. The Morgan fingerprint density at radius 1 is 1.44 bits per heavy atom. The summed E-state index contributed by atoms with van der Waals surface area (Å²) in [6.07, 6.45) is 1.03. The summed E-state index contributed by atoms with van der Waals surface area (Å²) in [5.41, 5.74) is 6.99. The molecule has 0 aromatic heterocycles. The Morgan fingerprint density at radius 2 is 2.06 bits per heavy atom. The van der Waals surface area contributed by atoms with Gasteiger partial charge in [0.05, 0.1) is 0 Å². The van der Waals surface area contributed by atoms with Gasteiger partial charge in [-0.1, -0.05) is 28.9 Å². The standard InChI is InChI=1S/C14H22BrFN2/c1-5-14(2,3)18(4)13(9-17)11-7-6-10(16)8-12(11)15/h6-8,13H,5,9,17H2,1-4H3. The molecule has 0 aliphatic heterocycles. The highest BCUT2D eigenvalue weighted by atomic mass is 79.9. The number of benzene rings is 1. The topological polar surface area (TPSA) is 29.3 Å². The molecule has 0 saturated carbocycles. The van der Waals surface area contributed by atoms with Crippen molar-refractivity contribution in [1.29, 1.82) is 0 Å². The van der Waals surface area contributed by atoms with Gasteiger partial charge in [0.1, 0.15) is 5.82 Å². The molecule has 18 heavy (non-hydrogen) atoms. The predicted molar refractivity (Wildman–Crippen MR) is 78.0 cm³/mol. The molecule has 1 unspecified atom stereocenters. The van der Waals surface area contributed by atoms with Crippen LogP contribution in [-0.2, 0) is 0 Å². The molecule has 0 spiro atoms. The lowest BCUT2D eigenvalue weighted by molar-refractivity contribution is 0.100. The van der Waals surface area contributed by atoms with Gasteiger partial charge in [0.15, 0.2) is 0 Å². The van der Waals surface area contributed by atoms with E-state index < -0.39 is 0 Å². The second-order valence-electron chi connectivity index (χ2n) is 5.19. The Morgan fingerprint density at radius 3 is 2.50 bits per heavy atom. The van der Waals surface area contributed by atoms with Gasteiger partial charge in [-0.25, -0.2) is 4.39 Å². The summed E-state index contributed by atoms with van der Waals surface area (Å²) < 4.78 is 13.9. The summed E-state index contributed by atoms with van der Waals surface area (Å²) >= 11 is 3.42. The van der Waals surface area contributed by atoms with Crippen LogP contribution in [0.2, 0.25) is 0 Å². The first-order chi connectivity index (χ1) is 8.33. The summed E-state index contributed by atoms with van der Waals surface area (Å²) in [7, 11) is 2.07. The van der Waals surface area contributed by atoms with Gasteiger partial charge in [-0.3, -0.25) is 4.90 Å². The van der Waals surface area contributed by atoms with Gasteiger partial charge in [0, 0.05) is 22.6 Å². The molecular weight excluding hydrogens is 295 g/mol. The fraction of sp³-hybridized carbons (Fsp3) is 0.571. The lowest BCUT2D eigenvalue weighted by atomic mass is 9.95. The first kappa shape index (κ1) is 15.6. The van der Waals surface area contributed by atoms with Gasteiger partial charge >= 0.3 is 0 Å². The van der Waals surface area contributed by atoms with E-state index in [9.17, 15) is 4.39 Å². The minimum absolute atomic E-state index is 0.0534. The maximum Gasteiger partial charge on any atom is 0.124 e. The smallest absolute Gasteiger partial charge is 0.124 e. The van der Waals surface area contributed by atoms with Gasteiger partial charge in [-0.15, -0.1) is 0 Å². The lowest BCUT2D eigenvalue weighted by Crippen LogP contribution is -2.45. The second-order valence-corrected chi connectivity index (χ2v) is 6.05. The molecule has 0 fully saturated rings. The zero-order valence-corrected chi connectivity index (χ0v) is 13.1. The Kier molecular flexibility index (Phi) is 5.32. The Bertz CT molecular complexity index is 407. The third-order valence-corrected chi connectivity index (χ3v) is 4.52. The van der Waals surface area contributed by atoms with E-state index in [2.05, 4.69) is 48.6 Å². The van der Waals surface area contributed by atoms with E-state index in [1.165, 1.54) is 12.1 Å². The van der Waals surface area contributed by atoms with E-state index >= 15 is 0 Å². The molecule has 1 aromatic carbocycles. The minimum Gasteiger partial charge on any atom is -0.329 e. The van der Waals surface area contributed by atoms with E-state index in [-0.39, 0.29) is 17.4 Å². The molecule has 1 rings (SSSR count). The van der Waals surface area contributed by atoms with Crippen molar-refractivity contribution in [3.05, 3.63) is 34.1 Å². The number of hydrogen-bond donors (Lipinski definition) is 1. The molecule has 0 heterocycles. The van der Waals surface area contributed by atoms with Crippen LogP contribution < -0.4 is 5.73 Å². The van der Waals surface area contributed by atoms with Crippen molar-refractivity contribution in [3.8, 4) is 0 Å². The first-order valence-corrected chi connectivity index (χ1v) is 7.00. The molecule has 0 aliphatic rings. The van der Waals surface area contributed by atoms with Crippen LogP contribution in [0.3, 0.4) is 0 Å². The molecule has 2 nitrogen and oxygen atoms in total. The molecule has 102 valence electrons. The zero-order valence-electron chi connectivity index (χ0n) is 11.5. The van der Waals surface area contributed by atoms with Crippen molar-refractivity contribution in [3.63, 3.8) is 0 Å². The molecule has 0 bridgehead atoms. The molecule has 0 amide bonds. The van der Waals surface area contributed by atoms with Crippen molar-refractivity contribution in [1.82, 2.24) is 4.90 Å². The van der Waals surface area contributed by atoms with Gasteiger partial charge in [-0.2, -0.15) is 0 Å². The highest BCUT2D eigenvalue weighted by Crippen LogP contribution is 2.32. The fourth-order valence-corrected chi connectivity index (χ4v) is 2.55. The van der Waals surface area contributed by atoms with Crippen LogP contribution in [0.4, 0.5) is 4.39 Å². The summed E-state index contributed by atoms with van der Waals surface area (Å²) in [6.45, 7) is 7.04. The number of nitrogens with zero attached hydrogens (tertiary/aromatic N) is 1. The SMILES string of the molecule is CCC(C)(C)N(C)C(CN)c1ccc(F)cc1Br. The molecule has 0 saturated heterocycles. The number of hydrogen-bond acceptors (Lipinski definition) is 2. The van der Waals surface area contributed by atoms with Gasteiger partial charge < -0.3 is 5.73 Å². The maximum atomic E-state index is 13.1. The third kappa shape index (κ3) is 3.31. The molecule has 2 N–H and O–H groups in total. The van der Waals surface area contributed by atoms with E-state index in [1.807, 2.05) is 0 Å². The van der Waals surface area contributed by atoms with Crippen molar-refractivity contribution < 1.29 is 4.39 Å². The van der Waals surface area contributed by atoms with Gasteiger partial charge in [0.25, 0.3) is 0 Å². The van der Waals surface area contributed by atoms with E-state index in [0.29, 0.717) is 6.54 Å². The number of likely N-dealkylation sites (N-methyl/N-ethyl adjacent to an activating group) is 1. The normalized spacial score (nSPS) is 14.0. The summed E-state index contributed by atoms with van der Waals surface area (Å²) in [5, 5.41) is 0. The van der Waals surface area contributed by atoms with Crippen molar-refractivity contribution in [2.45, 2.75) is 38.8 Å². The van der Waals surface area contributed by atoms with Crippen LogP contribution >= 0.6 is 15.9 Å². The lowest BCUT2D eigenvalue weighted by Gasteiger charge is -2.41. The fourth-order valence-electron chi connectivity index (χ4n) is 1.94. The molecule has 1 aromatic rings. The minimum atomic E-state index is -0.237. The quantitative estimate of drug-likeness (QED) is 0.897. The van der Waals surface area contributed by atoms with Crippen LogP contribution in [0.25, 0.3) is 0 Å². The number of nitrogens with two attached hydrogens (primary N) is 1. The van der Waals surface area contributed by atoms with Crippen molar-refractivity contribution >= 4 is 15.9 Å². The largest absolute Gasteiger partial charge is 0.329 e. The molecule has 0 aliphatic carbocycles. The third-order valence-electron chi connectivity index (χ3n) is 3.83. The summed E-state index contributed by atoms with van der Waals surface area (Å²) in [5.74, 6) is -0.237. The molecule has 4 heteroatoms. The van der Waals surface area contributed by atoms with Crippen LogP contribution in [0.5, 0.6) is 0 Å². The monoisotopic (exact) mass is 316 g/mol. The highest BCUT2D eigenvalue weighted by Gasteiger charge is 2.29. The Balaban J connectivity index is 3.10.